The summed E-state index contributed by atoms with van der Waals surface area (Å²) in [5.74, 6) is -1.14. The number of hydrogen-bond acceptors (Lipinski definition) is 3. The molecule has 0 aliphatic heterocycles. The molecule has 7 heteroatoms. The summed E-state index contributed by atoms with van der Waals surface area (Å²) in [6.07, 6.45) is 0. The van der Waals surface area contributed by atoms with E-state index in [0.717, 1.165) is 0 Å². The Hall–Kier alpha value is -2.24. The van der Waals surface area contributed by atoms with E-state index in [0.29, 0.717) is 17.0 Å². The normalized spacial score (nSPS) is 10.3. The van der Waals surface area contributed by atoms with Crippen molar-refractivity contribution < 1.29 is 19.4 Å². The van der Waals surface area contributed by atoms with E-state index < -0.39 is 11.9 Å². The molecule has 0 unspecified atom stereocenters. The molecule has 0 aliphatic carbocycles. The van der Waals surface area contributed by atoms with Crippen molar-refractivity contribution >= 4 is 40.8 Å². The molecule has 0 aliphatic rings. The van der Waals surface area contributed by atoms with E-state index in [1.165, 1.54) is 31.4 Å². The van der Waals surface area contributed by atoms with Gasteiger partial charge < -0.3 is 15.2 Å². The predicted octanol–water partition coefficient (Wildman–Crippen LogP) is 4.26. The highest BCUT2D eigenvalue weighted by atomic mass is 35.5. The number of amides is 1. The fourth-order valence-corrected chi connectivity index (χ4v) is 2.71. The lowest BCUT2D eigenvalue weighted by Gasteiger charge is -2.10. The van der Waals surface area contributed by atoms with Gasteiger partial charge in [-0.3, -0.25) is 4.79 Å². The average Bonchev–Trinajstić information content (AvgIpc) is 2.46. The van der Waals surface area contributed by atoms with Crippen LogP contribution in [0.1, 0.15) is 26.3 Å². The van der Waals surface area contributed by atoms with Gasteiger partial charge in [0.25, 0.3) is 5.91 Å². The zero-order chi connectivity index (χ0) is 17.1. The van der Waals surface area contributed by atoms with Crippen molar-refractivity contribution in [3.63, 3.8) is 0 Å². The Balaban J connectivity index is 2.26. The summed E-state index contributed by atoms with van der Waals surface area (Å²) in [5.41, 5.74) is 1.46. The lowest BCUT2D eigenvalue weighted by molar-refractivity contribution is 0.0696. The van der Waals surface area contributed by atoms with Crippen LogP contribution >= 0.6 is 23.2 Å². The number of ether oxygens (including phenoxy) is 1. The molecule has 1 amide bonds. The molecule has 2 N–H and O–H groups in total. The highest BCUT2D eigenvalue weighted by Gasteiger charge is 2.14. The summed E-state index contributed by atoms with van der Waals surface area (Å²) in [6.45, 7) is 1.65. The summed E-state index contributed by atoms with van der Waals surface area (Å²) in [4.78, 5) is 23.2. The maximum absolute atomic E-state index is 12.3. The molecular weight excluding hydrogens is 341 g/mol. The number of hydrogen-bond donors (Lipinski definition) is 2. The van der Waals surface area contributed by atoms with Gasteiger partial charge >= 0.3 is 5.97 Å². The molecule has 0 saturated carbocycles. The Kier molecular flexibility index (Phi) is 5.13. The first-order chi connectivity index (χ1) is 10.8. The smallest absolute Gasteiger partial charge is 0.335 e. The van der Waals surface area contributed by atoms with Crippen LogP contribution in [-0.4, -0.2) is 24.1 Å². The molecule has 0 bridgehead atoms. The van der Waals surface area contributed by atoms with E-state index in [-0.39, 0.29) is 21.2 Å². The number of methoxy groups -OCH3 is 1. The number of carbonyl (C=O) groups excluding carboxylic acids is 1. The Morgan fingerprint density at radius 3 is 2.22 bits per heavy atom. The second kappa shape index (κ2) is 6.89. The molecule has 0 heterocycles. The molecule has 0 atom stereocenters. The van der Waals surface area contributed by atoms with Gasteiger partial charge in [0.1, 0.15) is 0 Å². The Morgan fingerprint density at radius 1 is 1.13 bits per heavy atom. The number of carboxylic acids is 1. The quantitative estimate of drug-likeness (QED) is 0.860. The van der Waals surface area contributed by atoms with Crippen LogP contribution in [0.2, 0.25) is 10.0 Å². The van der Waals surface area contributed by atoms with E-state index in [4.69, 9.17) is 33.0 Å². The van der Waals surface area contributed by atoms with Gasteiger partial charge in [0.15, 0.2) is 5.75 Å². The van der Waals surface area contributed by atoms with Crippen LogP contribution in [0, 0.1) is 6.92 Å². The molecule has 23 heavy (non-hydrogen) atoms. The third-order valence-electron chi connectivity index (χ3n) is 3.18. The number of carbonyl (C=O) groups is 2. The third-order valence-corrected chi connectivity index (χ3v) is 3.74. The minimum atomic E-state index is -1.02. The number of aryl methyl sites for hydroxylation is 1. The van der Waals surface area contributed by atoms with Crippen LogP contribution < -0.4 is 10.1 Å². The summed E-state index contributed by atoms with van der Waals surface area (Å²) in [7, 11) is 1.43. The molecule has 2 aromatic rings. The zero-order valence-corrected chi connectivity index (χ0v) is 13.8. The minimum Gasteiger partial charge on any atom is -0.494 e. The number of halogens is 2. The average molecular weight is 354 g/mol. The van der Waals surface area contributed by atoms with Crippen molar-refractivity contribution in [2.24, 2.45) is 0 Å². The van der Waals surface area contributed by atoms with Crippen molar-refractivity contribution in [2.75, 3.05) is 12.4 Å². The third kappa shape index (κ3) is 3.75. The Bertz CT molecular complexity index is 767. The predicted molar refractivity (Wildman–Crippen MR) is 89.1 cm³/mol. The van der Waals surface area contributed by atoms with Crippen LogP contribution in [0.15, 0.2) is 30.3 Å². The van der Waals surface area contributed by atoms with Crippen molar-refractivity contribution in [1.82, 2.24) is 0 Å². The van der Waals surface area contributed by atoms with Gasteiger partial charge in [0, 0.05) is 11.3 Å². The van der Waals surface area contributed by atoms with Crippen LogP contribution in [0.3, 0.4) is 0 Å². The highest BCUT2D eigenvalue weighted by Crippen LogP contribution is 2.34. The fraction of sp³-hybridized carbons (Fsp3) is 0.125. The number of anilines is 1. The molecule has 2 rings (SSSR count). The fourth-order valence-electron chi connectivity index (χ4n) is 2.07. The van der Waals surface area contributed by atoms with Crippen molar-refractivity contribution in [2.45, 2.75) is 6.92 Å². The summed E-state index contributed by atoms with van der Waals surface area (Å²) in [6, 6.07) is 7.41. The van der Waals surface area contributed by atoms with Crippen molar-refractivity contribution in [3.05, 3.63) is 57.1 Å². The number of rotatable bonds is 4. The van der Waals surface area contributed by atoms with Gasteiger partial charge in [0.2, 0.25) is 0 Å². The Morgan fingerprint density at radius 2 is 1.74 bits per heavy atom. The SMILES string of the molecule is COc1c(Cl)cc(C(=O)Nc2ccc(C(=O)O)c(C)c2)cc1Cl. The molecule has 0 aromatic heterocycles. The monoisotopic (exact) mass is 353 g/mol. The summed E-state index contributed by atoms with van der Waals surface area (Å²) >= 11 is 12.0. The van der Waals surface area contributed by atoms with E-state index in [1.54, 1.807) is 13.0 Å². The largest absolute Gasteiger partial charge is 0.494 e. The minimum absolute atomic E-state index is 0.179. The summed E-state index contributed by atoms with van der Waals surface area (Å²) in [5, 5.41) is 12.1. The molecule has 2 aromatic carbocycles. The van der Waals surface area contributed by atoms with E-state index in [1.807, 2.05) is 0 Å². The first kappa shape index (κ1) is 17.1. The number of benzene rings is 2. The zero-order valence-electron chi connectivity index (χ0n) is 12.3. The van der Waals surface area contributed by atoms with Crippen LogP contribution in [0.5, 0.6) is 5.75 Å². The summed E-state index contributed by atoms with van der Waals surface area (Å²) < 4.78 is 5.03. The van der Waals surface area contributed by atoms with E-state index in [2.05, 4.69) is 5.32 Å². The molecule has 0 saturated heterocycles. The first-order valence-electron chi connectivity index (χ1n) is 6.51. The second-order valence-corrected chi connectivity index (χ2v) is 5.58. The van der Waals surface area contributed by atoms with E-state index >= 15 is 0 Å². The molecule has 0 radical (unpaired) electrons. The topological polar surface area (TPSA) is 75.6 Å². The van der Waals surface area contributed by atoms with Gasteiger partial charge in [-0.25, -0.2) is 4.79 Å². The standard InChI is InChI=1S/C16H13Cl2NO4/c1-8-5-10(3-4-11(8)16(21)22)19-15(20)9-6-12(17)14(23-2)13(18)7-9/h3-7H,1-2H3,(H,19,20)(H,21,22). The van der Waals surface area contributed by atoms with Gasteiger partial charge in [0.05, 0.1) is 22.7 Å². The van der Waals surface area contributed by atoms with E-state index in [9.17, 15) is 9.59 Å². The molecule has 0 spiro atoms. The van der Waals surface area contributed by atoms with Gasteiger partial charge in [-0.2, -0.15) is 0 Å². The van der Waals surface area contributed by atoms with Gasteiger partial charge in [-0.15, -0.1) is 0 Å². The second-order valence-electron chi connectivity index (χ2n) is 4.76. The maximum atomic E-state index is 12.3. The van der Waals surface area contributed by atoms with Crippen LogP contribution in [0.4, 0.5) is 5.69 Å². The lowest BCUT2D eigenvalue weighted by atomic mass is 10.1. The van der Waals surface area contributed by atoms with Gasteiger partial charge in [-0.05, 0) is 42.8 Å². The van der Waals surface area contributed by atoms with Crippen LogP contribution in [-0.2, 0) is 0 Å². The van der Waals surface area contributed by atoms with Gasteiger partial charge in [-0.1, -0.05) is 23.2 Å². The molecule has 120 valence electrons. The molecule has 5 nitrogen and oxygen atoms in total. The van der Waals surface area contributed by atoms with Crippen LogP contribution in [0.25, 0.3) is 0 Å². The number of nitrogens with one attached hydrogen (secondary N) is 1. The van der Waals surface area contributed by atoms with Crippen molar-refractivity contribution in [3.8, 4) is 5.75 Å². The molecule has 0 fully saturated rings. The maximum Gasteiger partial charge on any atom is 0.335 e. The molecular formula is C16H13Cl2NO4. The van der Waals surface area contributed by atoms with Crippen molar-refractivity contribution in [1.29, 1.82) is 0 Å². The Labute approximate surface area is 142 Å². The lowest BCUT2D eigenvalue weighted by Crippen LogP contribution is -2.12. The first-order valence-corrected chi connectivity index (χ1v) is 7.27. The number of carboxylic acid groups (broad SMARTS) is 1. The highest BCUT2D eigenvalue weighted by molar-refractivity contribution is 6.37. The number of aromatic carboxylic acids is 1.